The second-order valence-corrected chi connectivity index (χ2v) is 12.2. The average Bonchev–Trinajstić information content (AvgIpc) is 3.38. The van der Waals surface area contributed by atoms with Gasteiger partial charge in [0.1, 0.15) is 11.5 Å². The summed E-state index contributed by atoms with van der Waals surface area (Å²) in [4.78, 5) is 2.46. The van der Waals surface area contributed by atoms with Gasteiger partial charge in [-0.3, -0.25) is 0 Å². The van der Waals surface area contributed by atoms with Crippen LogP contribution in [0.3, 0.4) is 0 Å². The van der Waals surface area contributed by atoms with Gasteiger partial charge in [-0.05, 0) is 71.3 Å². The highest BCUT2D eigenvalue weighted by Gasteiger charge is 2.52. The molecule has 0 saturated carbocycles. The number of para-hydroxylation sites is 3. The number of hydrogen-bond donors (Lipinski definition) is 0. The minimum Gasteiger partial charge on any atom is -0.456 e. The molecule has 0 N–H and O–H groups in total. The predicted octanol–water partition coefficient (Wildman–Crippen LogP) is 11.4. The number of aryl methyl sites for hydroxylation is 2. The van der Waals surface area contributed by atoms with Gasteiger partial charge in [-0.25, -0.2) is 0 Å². The Morgan fingerprint density at radius 2 is 1.07 bits per heavy atom. The lowest BCUT2D eigenvalue weighted by atomic mass is 9.65. The monoisotopic (exact) mass is 577 g/mol. The van der Waals surface area contributed by atoms with Crippen LogP contribution in [0.2, 0.25) is 0 Å². The Labute approximate surface area is 263 Å². The van der Waals surface area contributed by atoms with Gasteiger partial charge in [0.05, 0.1) is 11.1 Å². The highest BCUT2D eigenvalue weighted by atomic mass is 16.5. The molecule has 2 heteroatoms. The molecule has 0 aromatic heterocycles. The minimum absolute atomic E-state index is 0.542. The first kappa shape index (κ1) is 25.9. The Balaban J connectivity index is 1.44. The second-order valence-electron chi connectivity index (χ2n) is 12.2. The van der Waals surface area contributed by atoms with Gasteiger partial charge in [0.15, 0.2) is 0 Å². The summed E-state index contributed by atoms with van der Waals surface area (Å²) < 4.78 is 6.84. The third kappa shape index (κ3) is 3.51. The lowest BCUT2D eigenvalue weighted by Crippen LogP contribution is -2.32. The summed E-state index contributed by atoms with van der Waals surface area (Å²) in [6.45, 7) is 4.41. The molecule has 1 spiro atoms. The van der Waals surface area contributed by atoms with Crippen molar-refractivity contribution in [1.29, 1.82) is 0 Å². The van der Waals surface area contributed by atoms with E-state index in [9.17, 15) is 0 Å². The maximum atomic E-state index is 6.84. The minimum atomic E-state index is -0.542. The quantitative estimate of drug-likeness (QED) is 0.207. The zero-order chi connectivity index (χ0) is 30.1. The lowest BCUT2D eigenvalue weighted by molar-refractivity contribution is 0.441. The van der Waals surface area contributed by atoms with E-state index >= 15 is 0 Å². The molecule has 1 atom stereocenters. The first-order valence-electron chi connectivity index (χ1n) is 15.6. The van der Waals surface area contributed by atoms with Crippen LogP contribution in [0.1, 0.15) is 33.4 Å². The Bertz CT molecular complexity index is 2250. The maximum Gasteiger partial charge on any atom is 0.140 e. The highest BCUT2D eigenvalue weighted by molar-refractivity contribution is 6.00. The summed E-state index contributed by atoms with van der Waals surface area (Å²) in [5, 5.41) is 2.31. The smallest absolute Gasteiger partial charge is 0.140 e. The lowest BCUT2D eigenvalue weighted by Gasteiger charge is -2.40. The van der Waals surface area contributed by atoms with Crippen LogP contribution in [0.5, 0.6) is 11.5 Å². The molecule has 7 aromatic rings. The second kappa shape index (κ2) is 9.70. The van der Waals surface area contributed by atoms with Crippen molar-refractivity contribution < 1.29 is 4.74 Å². The average molecular weight is 578 g/mol. The third-order valence-corrected chi connectivity index (χ3v) is 9.79. The number of hydrogen-bond acceptors (Lipinski definition) is 2. The number of fused-ring (bicyclic) bond motifs is 11. The molecule has 0 radical (unpaired) electrons. The summed E-state index contributed by atoms with van der Waals surface area (Å²) in [5.74, 6) is 1.85. The zero-order valence-electron chi connectivity index (χ0n) is 25.3. The van der Waals surface area contributed by atoms with Crippen molar-refractivity contribution in [3.8, 4) is 22.6 Å². The normalized spacial score (nSPS) is 15.6. The number of anilines is 3. The number of rotatable bonds is 3. The molecule has 1 unspecified atom stereocenters. The van der Waals surface area contributed by atoms with Gasteiger partial charge in [0.2, 0.25) is 0 Å². The third-order valence-electron chi connectivity index (χ3n) is 9.79. The van der Waals surface area contributed by atoms with Crippen LogP contribution >= 0.6 is 0 Å². The van der Waals surface area contributed by atoms with Gasteiger partial charge in [0, 0.05) is 33.5 Å². The Morgan fingerprint density at radius 1 is 0.467 bits per heavy atom. The van der Waals surface area contributed by atoms with Crippen molar-refractivity contribution in [2.24, 2.45) is 0 Å². The van der Waals surface area contributed by atoms with E-state index in [1.54, 1.807) is 0 Å². The summed E-state index contributed by atoms with van der Waals surface area (Å²) in [6, 6.07) is 55.0. The largest absolute Gasteiger partial charge is 0.456 e. The van der Waals surface area contributed by atoms with Crippen LogP contribution in [0.4, 0.5) is 17.1 Å². The zero-order valence-corrected chi connectivity index (χ0v) is 25.3. The summed E-state index contributed by atoms with van der Waals surface area (Å²) in [5.41, 5.74) is 12.9. The molecule has 2 aliphatic rings. The fourth-order valence-corrected chi connectivity index (χ4v) is 7.86. The van der Waals surface area contributed by atoms with Gasteiger partial charge in [-0.2, -0.15) is 0 Å². The van der Waals surface area contributed by atoms with Gasteiger partial charge in [0.25, 0.3) is 0 Å². The van der Waals surface area contributed by atoms with Crippen LogP contribution in [0.15, 0.2) is 152 Å². The Hall–Kier alpha value is -5.60. The van der Waals surface area contributed by atoms with Gasteiger partial charge < -0.3 is 9.64 Å². The first-order valence-corrected chi connectivity index (χ1v) is 15.6. The molecule has 7 aromatic carbocycles. The van der Waals surface area contributed by atoms with E-state index < -0.39 is 5.41 Å². The molecule has 1 heterocycles. The Kier molecular flexibility index (Phi) is 5.58. The molecule has 2 nitrogen and oxygen atoms in total. The molecule has 1 aliphatic heterocycles. The van der Waals surface area contributed by atoms with Crippen LogP contribution in [-0.2, 0) is 5.41 Å². The Morgan fingerprint density at radius 3 is 1.84 bits per heavy atom. The van der Waals surface area contributed by atoms with Crippen molar-refractivity contribution in [3.05, 3.63) is 185 Å². The standard InChI is InChI=1S/C43H31NO/c1-28-14-3-10-22-37(28)44(38-23-11-4-15-29(38)2)39-24-13-21-35-41(39)32-18-7-8-19-33(32)43(35)34-20-9-12-25-40(34)45-42-31-17-6-5-16-30(31)26-27-36(42)43/h3-27H,1-2H3. The van der Waals surface area contributed by atoms with Gasteiger partial charge in [-0.1, -0.05) is 127 Å². The van der Waals surface area contributed by atoms with Crippen molar-refractivity contribution >= 4 is 27.8 Å². The SMILES string of the molecule is Cc1ccccc1N(c1ccccc1C)c1cccc2c1-c1ccccc1C21c2ccccc2Oc2c1ccc1ccccc21. The van der Waals surface area contributed by atoms with Gasteiger partial charge in [-0.15, -0.1) is 0 Å². The van der Waals surface area contributed by atoms with E-state index in [1.165, 1.54) is 67.0 Å². The van der Waals surface area contributed by atoms with Crippen LogP contribution in [-0.4, -0.2) is 0 Å². The van der Waals surface area contributed by atoms with Crippen molar-refractivity contribution in [2.75, 3.05) is 4.90 Å². The van der Waals surface area contributed by atoms with Crippen LogP contribution < -0.4 is 9.64 Å². The molecular weight excluding hydrogens is 546 g/mol. The summed E-state index contributed by atoms with van der Waals surface area (Å²) in [6.07, 6.45) is 0. The molecule has 1 aliphatic carbocycles. The summed E-state index contributed by atoms with van der Waals surface area (Å²) >= 11 is 0. The topological polar surface area (TPSA) is 12.5 Å². The molecule has 45 heavy (non-hydrogen) atoms. The molecule has 214 valence electrons. The van der Waals surface area contributed by atoms with E-state index in [-0.39, 0.29) is 0 Å². The van der Waals surface area contributed by atoms with Crippen LogP contribution in [0.25, 0.3) is 21.9 Å². The van der Waals surface area contributed by atoms with Crippen LogP contribution in [0, 0.1) is 13.8 Å². The first-order chi connectivity index (χ1) is 22.2. The van der Waals surface area contributed by atoms with E-state index in [4.69, 9.17) is 4.74 Å². The number of benzene rings is 7. The van der Waals surface area contributed by atoms with E-state index in [2.05, 4.69) is 170 Å². The van der Waals surface area contributed by atoms with Crippen molar-refractivity contribution in [3.63, 3.8) is 0 Å². The molecule has 0 fully saturated rings. The molecule has 0 saturated heterocycles. The van der Waals surface area contributed by atoms with E-state index in [0.29, 0.717) is 0 Å². The van der Waals surface area contributed by atoms with E-state index in [0.717, 1.165) is 16.9 Å². The molecule has 0 bridgehead atoms. The van der Waals surface area contributed by atoms with Crippen molar-refractivity contribution in [1.82, 2.24) is 0 Å². The van der Waals surface area contributed by atoms with Gasteiger partial charge >= 0.3 is 0 Å². The van der Waals surface area contributed by atoms with E-state index in [1.807, 2.05) is 0 Å². The summed E-state index contributed by atoms with van der Waals surface area (Å²) in [7, 11) is 0. The highest BCUT2D eigenvalue weighted by Crippen LogP contribution is 2.64. The predicted molar refractivity (Wildman–Crippen MR) is 185 cm³/mol. The van der Waals surface area contributed by atoms with Crippen molar-refractivity contribution in [2.45, 2.75) is 19.3 Å². The number of ether oxygens (including phenoxy) is 1. The fourth-order valence-electron chi connectivity index (χ4n) is 7.86. The fraction of sp³-hybridized carbons (Fsp3) is 0.0698. The molecule has 0 amide bonds. The maximum absolute atomic E-state index is 6.84. The number of nitrogens with zero attached hydrogens (tertiary/aromatic N) is 1. The molecular formula is C43H31NO. The molecule has 9 rings (SSSR count).